The number of amides is 1. The van der Waals surface area contributed by atoms with Gasteiger partial charge in [0.2, 0.25) is 5.91 Å². The molecule has 0 N–H and O–H groups in total. The second-order valence-corrected chi connectivity index (χ2v) is 6.58. The molecule has 1 saturated heterocycles. The van der Waals surface area contributed by atoms with Crippen molar-refractivity contribution in [3.05, 3.63) is 0 Å². The Morgan fingerprint density at radius 1 is 1.28 bits per heavy atom. The SMILES string of the molecule is CCC(=O)N1CCC(CCOCC(C)(C)C)CC1. The molecule has 106 valence electrons. The van der Waals surface area contributed by atoms with Crippen molar-refractivity contribution in [2.45, 2.75) is 53.4 Å². The summed E-state index contributed by atoms with van der Waals surface area (Å²) in [5, 5.41) is 0. The standard InChI is InChI=1S/C15H29NO2/c1-5-14(17)16-9-6-13(7-10-16)8-11-18-12-15(2,3)4/h13H,5-12H2,1-4H3. The molecule has 0 spiro atoms. The Balaban J connectivity index is 2.11. The molecule has 3 nitrogen and oxygen atoms in total. The number of hydrogen-bond donors (Lipinski definition) is 0. The van der Waals surface area contributed by atoms with E-state index < -0.39 is 0 Å². The molecule has 18 heavy (non-hydrogen) atoms. The summed E-state index contributed by atoms with van der Waals surface area (Å²) in [7, 11) is 0. The van der Waals surface area contributed by atoms with Crippen molar-refractivity contribution < 1.29 is 9.53 Å². The highest BCUT2D eigenvalue weighted by atomic mass is 16.5. The summed E-state index contributed by atoms with van der Waals surface area (Å²) in [6, 6.07) is 0. The lowest BCUT2D eigenvalue weighted by atomic mass is 9.93. The van der Waals surface area contributed by atoms with E-state index in [1.165, 1.54) is 0 Å². The van der Waals surface area contributed by atoms with Crippen molar-refractivity contribution in [1.82, 2.24) is 4.90 Å². The molecular weight excluding hydrogens is 226 g/mol. The Morgan fingerprint density at radius 2 is 1.89 bits per heavy atom. The minimum atomic E-state index is 0.261. The summed E-state index contributed by atoms with van der Waals surface area (Å²) < 4.78 is 5.72. The predicted molar refractivity (Wildman–Crippen MR) is 74.5 cm³/mol. The molecule has 1 aliphatic heterocycles. The summed E-state index contributed by atoms with van der Waals surface area (Å²) in [5.41, 5.74) is 0.261. The van der Waals surface area contributed by atoms with Crippen LogP contribution in [-0.2, 0) is 9.53 Å². The van der Waals surface area contributed by atoms with Crippen LogP contribution >= 0.6 is 0 Å². The quantitative estimate of drug-likeness (QED) is 0.707. The summed E-state index contributed by atoms with van der Waals surface area (Å²) in [4.78, 5) is 13.6. The van der Waals surface area contributed by atoms with Crippen LogP contribution in [0.2, 0.25) is 0 Å². The molecule has 0 radical (unpaired) electrons. The fourth-order valence-corrected chi connectivity index (χ4v) is 2.32. The lowest BCUT2D eigenvalue weighted by molar-refractivity contribution is -0.132. The summed E-state index contributed by atoms with van der Waals surface area (Å²) in [5.74, 6) is 1.04. The van der Waals surface area contributed by atoms with E-state index in [0.717, 1.165) is 51.5 Å². The van der Waals surface area contributed by atoms with Gasteiger partial charge >= 0.3 is 0 Å². The molecule has 0 unspecified atom stereocenters. The minimum absolute atomic E-state index is 0.261. The van der Waals surface area contributed by atoms with Gasteiger partial charge in [0.15, 0.2) is 0 Å². The second-order valence-electron chi connectivity index (χ2n) is 6.58. The fourth-order valence-electron chi connectivity index (χ4n) is 2.32. The Bertz CT molecular complexity index is 250. The maximum absolute atomic E-state index is 11.5. The highest BCUT2D eigenvalue weighted by Crippen LogP contribution is 2.21. The summed E-state index contributed by atoms with van der Waals surface area (Å²) >= 11 is 0. The van der Waals surface area contributed by atoms with Crippen molar-refractivity contribution in [1.29, 1.82) is 0 Å². The van der Waals surface area contributed by atoms with Gasteiger partial charge in [0.25, 0.3) is 0 Å². The zero-order valence-electron chi connectivity index (χ0n) is 12.5. The highest BCUT2D eigenvalue weighted by molar-refractivity contribution is 5.75. The number of ether oxygens (including phenoxy) is 1. The predicted octanol–water partition coefficient (Wildman–Crippen LogP) is 3.09. The van der Waals surface area contributed by atoms with E-state index in [2.05, 4.69) is 20.8 Å². The Labute approximate surface area is 112 Å². The van der Waals surface area contributed by atoms with Gasteiger partial charge in [0.05, 0.1) is 6.61 Å². The van der Waals surface area contributed by atoms with Crippen molar-refractivity contribution in [3.8, 4) is 0 Å². The lowest BCUT2D eigenvalue weighted by Crippen LogP contribution is -2.38. The molecule has 0 atom stereocenters. The number of carbonyl (C=O) groups is 1. The molecule has 0 aromatic rings. The van der Waals surface area contributed by atoms with Crippen LogP contribution in [0.15, 0.2) is 0 Å². The van der Waals surface area contributed by atoms with Gasteiger partial charge in [0.1, 0.15) is 0 Å². The number of carbonyl (C=O) groups excluding carboxylic acids is 1. The molecule has 1 rings (SSSR count). The number of likely N-dealkylation sites (tertiary alicyclic amines) is 1. The van der Waals surface area contributed by atoms with Crippen LogP contribution in [0.4, 0.5) is 0 Å². The molecule has 3 heteroatoms. The Morgan fingerprint density at radius 3 is 2.39 bits per heavy atom. The van der Waals surface area contributed by atoms with Crippen molar-refractivity contribution in [2.75, 3.05) is 26.3 Å². The maximum atomic E-state index is 11.5. The Hall–Kier alpha value is -0.570. The van der Waals surface area contributed by atoms with Gasteiger partial charge in [-0.2, -0.15) is 0 Å². The molecule has 0 saturated carbocycles. The monoisotopic (exact) mass is 255 g/mol. The van der Waals surface area contributed by atoms with Gasteiger partial charge in [-0.15, -0.1) is 0 Å². The first-order valence-corrected chi connectivity index (χ1v) is 7.28. The third-order valence-corrected chi connectivity index (χ3v) is 3.48. The van der Waals surface area contributed by atoms with Crippen LogP contribution in [0.1, 0.15) is 53.4 Å². The highest BCUT2D eigenvalue weighted by Gasteiger charge is 2.21. The zero-order valence-corrected chi connectivity index (χ0v) is 12.5. The topological polar surface area (TPSA) is 29.5 Å². The van der Waals surface area contributed by atoms with Gasteiger partial charge in [-0.3, -0.25) is 4.79 Å². The smallest absolute Gasteiger partial charge is 0.222 e. The molecule has 0 aliphatic carbocycles. The first kappa shape index (κ1) is 15.5. The number of hydrogen-bond acceptors (Lipinski definition) is 2. The molecular formula is C15H29NO2. The average Bonchev–Trinajstić information content (AvgIpc) is 2.33. The van der Waals surface area contributed by atoms with Crippen LogP contribution in [0, 0.1) is 11.3 Å². The van der Waals surface area contributed by atoms with Crippen molar-refractivity contribution in [3.63, 3.8) is 0 Å². The molecule has 0 bridgehead atoms. The van der Waals surface area contributed by atoms with Crippen LogP contribution in [0.5, 0.6) is 0 Å². The van der Waals surface area contributed by atoms with Gasteiger partial charge in [-0.25, -0.2) is 0 Å². The first-order chi connectivity index (χ1) is 8.42. The van der Waals surface area contributed by atoms with E-state index in [1.54, 1.807) is 0 Å². The number of piperidine rings is 1. The molecule has 1 aliphatic rings. The van der Waals surface area contributed by atoms with Crippen molar-refractivity contribution >= 4 is 5.91 Å². The second kappa shape index (κ2) is 7.13. The average molecular weight is 255 g/mol. The van der Waals surface area contributed by atoms with Gasteiger partial charge < -0.3 is 9.64 Å². The van der Waals surface area contributed by atoms with E-state index >= 15 is 0 Å². The molecule has 0 aromatic heterocycles. The van der Waals surface area contributed by atoms with Gasteiger partial charge in [-0.05, 0) is 30.6 Å². The van der Waals surface area contributed by atoms with Crippen LogP contribution in [0.3, 0.4) is 0 Å². The zero-order chi connectivity index (χ0) is 13.6. The Kier molecular flexibility index (Phi) is 6.13. The van der Waals surface area contributed by atoms with E-state index in [1.807, 2.05) is 11.8 Å². The summed E-state index contributed by atoms with van der Waals surface area (Å²) in [6.45, 7) is 12.1. The van der Waals surface area contributed by atoms with Gasteiger partial charge in [0, 0.05) is 26.1 Å². The normalized spacial score (nSPS) is 18.1. The van der Waals surface area contributed by atoms with E-state index in [-0.39, 0.29) is 5.41 Å². The third-order valence-electron chi connectivity index (χ3n) is 3.48. The molecule has 1 amide bonds. The fraction of sp³-hybridized carbons (Fsp3) is 0.933. The molecule has 1 heterocycles. The molecule has 0 aromatic carbocycles. The lowest BCUT2D eigenvalue weighted by Gasteiger charge is -2.32. The van der Waals surface area contributed by atoms with Crippen LogP contribution < -0.4 is 0 Å². The summed E-state index contributed by atoms with van der Waals surface area (Å²) in [6.07, 6.45) is 4.07. The number of rotatable bonds is 5. The van der Waals surface area contributed by atoms with Crippen molar-refractivity contribution in [2.24, 2.45) is 11.3 Å². The van der Waals surface area contributed by atoms with Crippen LogP contribution in [0.25, 0.3) is 0 Å². The van der Waals surface area contributed by atoms with E-state index in [4.69, 9.17) is 4.74 Å². The molecule has 1 fully saturated rings. The number of nitrogens with zero attached hydrogens (tertiary/aromatic N) is 1. The third kappa shape index (κ3) is 5.85. The maximum Gasteiger partial charge on any atom is 0.222 e. The van der Waals surface area contributed by atoms with Gasteiger partial charge in [-0.1, -0.05) is 27.7 Å². The van der Waals surface area contributed by atoms with E-state index in [0.29, 0.717) is 12.3 Å². The first-order valence-electron chi connectivity index (χ1n) is 7.28. The largest absolute Gasteiger partial charge is 0.381 e. The minimum Gasteiger partial charge on any atom is -0.381 e. The van der Waals surface area contributed by atoms with Crippen LogP contribution in [-0.4, -0.2) is 37.1 Å². The van der Waals surface area contributed by atoms with E-state index in [9.17, 15) is 4.79 Å².